The first-order valence-corrected chi connectivity index (χ1v) is 8.22. The third-order valence-corrected chi connectivity index (χ3v) is 4.28. The Balaban J connectivity index is 2.15. The number of primary sulfonamides is 1. The summed E-state index contributed by atoms with van der Waals surface area (Å²) in [7, 11) is -3.75. The maximum Gasteiger partial charge on any atom is 0.238 e. The Labute approximate surface area is 133 Å². The van der Waals surface area contributed by atoms with Gasteiger partial charge in [0.2, 0.25) is 10.0 Å². The molecule has 23 heavy (non-hydrogen) atoms. The Morgan fingerprint density at radius 3 is 2.26 bits per heavy atom. The fourth-order valence-corrected chi connectivity index (χ4v) is 2.79. The Hall–Kier alpha value is -2.95. The number of nitriles is 1. The van der Waals surface area contributed by atoms with Crippen molar-refractivity contribution in [1.29, 1.82) is 5.26 Å². The van der Waals surface area contributed by atoms with Gasteiger partial charge in [-0.05, 0) is 24.3 Å². The van der Waals surface area contributed by atoms with E-state index in [1.54, 1.807) is 16.8 Å². The van der Waals surface area contributed by atoms with Crippen molar-refractivity contribution in [3.05, 3.63) is 66.4 Å². The van der Waals surface area contributed by atoms with Gasteiger partial charge in [-0.2, -0.15) is 10.4 Å². The SMILES string of the molecule is N#Cc1cnn(-c2ccc(S(N)(=O)=O)cc2)c1-c1ccccc1. The van der Waals surface area contributed by atoms with Gasteiger partial charge in [-0.25, -0.2) is 18.2 Å². The number of sulfonamides is 1. The molecule has 0 saturated carbocycles. The van der Waals surface area contributed by atoms with Crippen LogP contribution in [0.2, 0.25) is 0 Å². The van der Waals surface area contributed by atoms with Gasteiger partial charge in [-0.15, -0.1) is 0 Å². The Bertz CT molecular complexity index is 985. The topological polar surface area (TPSA) is 102 Å². The minimum Gasteiger partial charge on any atom is -0.232 e. The first-order chi connectivity index (χ1) is 11.0. The summed E-state index contributed by atoms with van der Waals surface area (Å²) < 4.78 is 24.3. The fraction of sp³-hybridized carbons (Fsp3) is 0. The van der Waals surface area contributed by atoms with Gasteiger partial charge >= 0.3 is 0 Å². The molecule has 7 heteroatoms. The zero-order valence-corrected chi connectivity index (χ0v) is 12.7. The second kappa shape index (κ2) is 5.68. The van der Waals surface area contributed by atoms with Crippen molar-refractivity contribution in [2.45, 2.75) is 4.90 Å². The highest BCUT2D eigenvalue weighted by molar-refractivity contribution is 7.89. The molecule has 2 aromatic carbocycles. The summed E-state index contributed by atoms with van der Waals surface area (Å²) in [5, 5.41) is 18.6. The number of benzene rings is 2. The maximum absolute atomic E-state index is 11.3. The van der Waals surface area contributed by atoms with Crippen LogP contribution in [-0.4, -0.2) is 18.2 Å². The van der Waals surface area contributed by atoms with E-state index in [1.807, 2.05) is 30.3 Å². The lowest BCUT2D eigenvalue weighted by molar-refractivity contribution is 0.598. The number of nitrogens with zero attached hydrogens (tertiary/aromatic N) is 3. The van der Waals surface area contributed by atoms with Crippen LogP contribution >= 0.6 is 0 Å². The van der Waals surface area contributed by atoms with Gasteiger partial charge in [0.25, 0.3) is 0 Å². The normalized spacial score (nSPS) is 11.1. The molecule has 6 nitrogen and oxygen atoms in total. The Kier molecular flexibility index (Phi) is 3.70. The van der Waals surface area contributed by atoms with Gasteiger partial charge in [0, 0.05) is 5.56 Å². The minimum atomic E-state index is -3.75. The van der Waals surface area contributed by atoms with Crippen LogP contribution in [-0.2, 0) is 10.0 Å². The van der Waals surface area contributed by atoms with Crippen LogP contribution in [0, 0.1) is 11.3 Å². The standard InChI is InChI=1S/C16H12N4O2S/c17-10-13-11-19-20(16(13)12-4-2-1-3-5-12)14-6-8-15(9-7-14)23(18,21)22/h1-9,11H,(H2,18,21,22). The van der Waals surface area contributed by atoms with Gasteiger partial charge in [-0.3, -0.25) is 0 Å². The predicted molar refractivity (Wildman–Crippen MR) is 85.1 cm³/mol. The van der Waals surface area contributed by atoms with E-state index in [9.17, 15) is 13.7 Å². The van der Waals surface area contributed by atoms with Crippen molar-refractivity contribution in [2.24, 2.45) is 5.14 Å². The molecule has 1 aromatic heterocycles. The molecule has 0 amide bonds. The molecule has 0 bridgehead atoms. The first kappa shape index (κ1) is 15.0. The summed E-state index contributed by atoms with van der Waals surface area (Å²) in [6.07, 6.45) is 1.48. The van der Waals surface area contributed by atoms with Gasteiger partial charge in [0.05, 0.1) is 28.0 Å². The maximum atomic E-state index is 11.3. The van der Waals surface area contributed by atoms with Crippen LogP contribution in [0.15, 0.2) is 65.7 Å². The summed E-state index contributed by atoms with van der Waals surface area (Å²) in [4.78, 5) is 0.0233. The van der Waals surface area contributed by atoms with Crippen molar-refractivity contribution in [3.63, 3.8) is 0 Å². The zero-order chi connectivity index (χ0) is 16.4. The molecule has 3 rings (SSSR count). The van der Waals surface area contributed by atoms with Crippen molar-refractivity contribution < 1.29 is 8.42 Å². The van der Waals surface area contributed by atoms with Crippen molar-refractivity contribution in [2.75, 3.05) is 0 Å². The number of hydrogen-bond acceptors (Lipinski definition) is 4. The number of hydrogen-bond donors (Lipinski definition) is 1. The molecule has 0 saturated heterocycles. The molecule has 0 radical (unpaired) electrons. The van der Waals surface area contributed by atoms with Gasteiger partial charge in [-0.1, -0.05) is 30.3 Å². The second-order valence-electron chi connectivity index (χ2n) is 4.84. The van der Waals surface area contributed by atoms with Gasteiger partial charge in [0.15, 0.2) is 0 Å². The van der Waals surface area contributed by atoms with Gasteiger partial charge in [0.1, 0.15) is 6.07 Å². The molecule has 0 atom stereocenters. The van der Waals surface area contributed by atoms with Crippen LogP contribution in [0.3, 0.4) is 0 Å². The zero-order valence-electron chi connectivity index (χ0n) is 11.9. The second-order valence-corrected chi connectivity index (χ2v) is 6.40. The van der Waals surface area contributed by atoms with Crippen LogP contribution in [0.25, 0.3) is 16.9 Å². The number of rotatable bonds is 3. The van der Waals surface area contributed by atoms with Crippen LogP contribution < -0.4 is 5.14 Å². The van der Waals surface area contributed by atoms with E-state index in [0.29, 0.717) is 16.9 Å². The van der Waals surface area contributed by atoms with E-state index in [4.69, 9.17) is 5.14 Å². The fourth-order valence-electron chi connectivity index (χ4n) is 2.28. The quantitative estimate of drug-likeness (QED) is 0.796. The minimum absolute atomic E-state index is 0.0233. The Morgan fingerprint density at radius 1 is 1.04 bits per heavy atom. The molecule has 2 N–H and O–H groups in total. The molecular weight excluding hydrogens is 312 g/mol. The highest BCUT2D eigenvalue weighted by Gasteiger charge is 2.15. The van der Waals surface area contributed by atoms with Crippen molar-refractivity contribution in [1.82, 2.24) is 9.78 Å². The number of nitrogens with two attached hydrogens (primary N) is 1. The smallest absolute Gasteiger partial charge is 0.232 e. The third kappa shape index (κ3) is 2.85. The third-order valence-electron chi connectivity index (χ3n) is 3.35. The monoisotopic (exact) mass is 324 g/mol. The lowest BCUT2D eigenvalue weighted by Crippen LogP contribution is -2.12. The Morgan fingerprint density at radius 2 is 1.70 bits per heavy atom. The lowest BCUT2D eigenvalue weighted by atomic mass is 10.1. The van der Waals surface area contributed by atoms with E-state index in [2.05, 4.69) is 11.2 Å². The molecule has 0 spiro atoms. The van der Waals surface area contributed by atoms with E-state index in [-0.39, 0.29) is 4.90 Å². The highest BCUT2D eigenvalue weighted by atomic mass is 32.2. The van der Waals surface area contributed by atoms with E-state index in [0.717, 1.165) is 5.56 Å². The molecule has 1 heterocycles. The van der Waals surface area contributed by atoms with E-state index >= 15 is 0 Å². The highest BCUT2D eigenvalue weighted by Crippen LogP contribution is 2.26. The summed E-state index contributed by atoms with van der Waals surface area (Å²) in [6.45, 7) is 0. The van der Waals surface area contributed by atoms with E-state index in [1.165, 1.54) is 18.3 Å². The van der Waals surface area contributed by atoms with Crippen LogP contribution in [0.4, 0.5) is 0 Å². The van der Waals surface area contributed by atoms with E-state index < -0.39 is 10.0 Å². The molecule has 0 fully saturated rings. The van der Waals surface area contributed by atoms with Crippen molar-refractivity contribution in [3.8, 4) is 23.0 Å². The van der Waals surface area contributed by atoms with Crippen LogP contribution in [0.1, 0.15) is 5.56 Å². The summed E-state index contributed by atoms with van der Waals surface area (Å²) in [5.41, 5.74) is 2.57. The first-order valence-electron chi connectivity index (χ1n) is 6.67. The van der Waals surface area contributed by atoms with Gasteiger partial charge < -0.3 is 0 Å². The number of aromatic nitrogens is 2. The largest absolute Gasteiger partial charge is 0.238 e. The summed E-state index contributed by atoms with van der Waals surface area (Å²) in [6, 6.07) is 17.5. The van der Waals surface area contributed by atoms with Crippen LogP contribution in [0.5, 0.6) is 0 Å². The van der Waals surface area contributed by atoms with Crippen molar-refractivity contribution >= 4 is 10.0 Å². The predicted octanol–water partition coefficient (Wildman–Crippen LogP) is 2.06. The molecule has 0 aliphatic rings. The summed E-state index contributed by atoms with van der Waals surface area (Å²) >= 11 is 0. The molecule has 0 aliphatic heterocycles. The molecule has 114 valence electrons. The average molecular weight is 324 g/mol. The lowest BCUT2D eigenvalue weighted by Gasteiger charge is -2.09. The summed E-state index contributed by atoms with van der Waals surface area (Å²) in [5.74, 6) is 0. The average Bonchev–Trinajstić information content (AvgIpc) is 2.99. The molecule has 0 unspecified atom stereocenters. The molecular formula is C16H12N4O2S. The molecule has 0 aliphatic carbocycles. The molecule has 3 aromatic rings.